The fourth-order valence-corrected chi connectivity index (χ4v) is 1.77. The number of rotatable bonds is 3. The molecule has 1 aromatic heterocycles. The third-order valence-corrected chi connectivity index (χ3v) is 2.71. The average Bonchev–Trinajstić information content (AvgIpc) is 2.92. The summed E-state index contributed by atoms with van der Waals surface area (Å²) < 4.78 is 10.1. The summed E-state index contributed by atoms with van der Waals surface area (Å²) in [5.41, 5.74) is 0.462. The van der Waals surface area contributed by atoms with Gasteiger partial charge >= 0.3 is 5.97 Å². The van der Waals surface area contributed by atoms with Crippen LogP contribution in [0.15, 0.2) is 15.5 Å². The lowest BCUT2D eigenvalue weighted by molar-refractivity contribution is 0.0599. The van der Waals surface area contributed by atoms with Gasteiger partial charge in [0.05, 0.1) is 20.2 Å². The summed E-state index contributed by atoms with van der Waals surface area (Å²) in [7, 11) is 1.35. The van der Waals surface area contributed by atoms with Gasteiger partial charge in [0.25, 0.3) is 0 Å². The fourth-order valence-electron chi connectivity index (χ4n) is 1.77. The van der Waals surface area contributed by atoms with Crippen molar-refractivity contribution in [3.63, 3.8) is 0 Å². The summed E-state index contributed by atoms with van der Waals surface area (Å²) in [5.74, 6) is 1.62. The molecule has 1 aromatic rings. The van der Waals surface area contributed by atoms with Crippen molar-refractivity contribution >= 4 is 11.9 Å². The predicted octanol–water partition coefficient (Wildman–Crippen LogP) is 0.812. The monoisotopic (exact) mass is 251 g/mol. The van der Waals surface area contributed by atoms with E-state index in [0.717, 1.165) is 12.5 Å². The first-order valence-corrected chi connectivity index (χ1v) is 5.82. The van der Waals surface area contributed by atoms with Crippen molar-refractivity contribution in [1.82, 2.24) is 10.6 Å². The minimum atomic E-state index is -0.382. The molecule has 98 valence electrons. The Bertz CT molecular complexity index is 479. The molecule has 0 radical (unpaired) electrons. The minimum absolute atomic E-state index is 0.358. The molecule has 6 nitrogen and oxygen atoms in total. The van der Waals surface area contributed by atoms with Crippen LogP contribution >= 0.6 is 0 Å². The van der Waals surface area contributed by atoms with Crippen LogP contribution in [0.1, 0.15) is 28.8 Å². The van der Waals surface area contributed by atoms with Crippen molar-refractivity contribution < 1.29 is 13.9 Å². The Morgan fingerprint density at radius 3 is 3.11 bits per heavy atom. The normalized spacial score (nSPS) is 18.2. The first kappa shape index (κ1) is 12.5. The van der Waals surface area contributed by atoms with Gasteiger partial charge in [-0.1, -0.05) is 0 Å². The van der Waals surface area contributed by atoms with Crippen LogP contribution in [0.2, 0.25) is 0 Å². The molecular weight excluding hydrogens is 234 g/mol. The highest BCUT2D eigenvalue weighted by Crippen LogP contribution is 2.15. The van der Waals surface area contributed by atoms with Gasteiger partial charge in [-0.05, 0) is 19.9 Å². The van der Waals surface area contributed by atoms with E-state index in [1.54, 1.807) is 13.0 Å². The molecule has 0 aromatic carbocycles. The number of esters is 1. The van der Waals surface area contributed by atoms with Gasteiger partial charge in [0, 0.05) is 6.04 Å². The zero-order valence-electron chi connectivity index (χ0n) is 10.7. The first-order chi connectivity index (χ1) is 8.60. The lowest BCUT2D eigenvalue weighted by atomic mass is 10.2. The molecule has 0 fully saturated rings. The van der Waals surface area contributed by atoms with E-state index >= 15 is 0 Å². The van der Waals surface area contributed by atoms with E-state index in [1.807, 2.05) is 0 Å². The van der Waals surface area contributed by atoms with Gasteiger partial charge < -0.3 is 19.8 Å². The Labute approximate surface area is 105 Å². The number of hydrogen-bond acceptors (Lipinski definition) is 6. The molecule has 0 spiro atoms. The molecule has 1 atom stereocenters. The lowest BCUT2D eigenvalue weighted by Crippen LogP contribution is -2.37. The van der Waals surface area contributed by atoms with Crippen molar-refractivity contribution in [2.75, 3.05) is 13.7 Å². The number of ether oxygens (including phenoxy) is 1. The van der Waals surface area contributed by atoms with E-state index in [-0.39, 0.29) is 5.97 Å². The quantitative estimate of drug-likeness (QED) is 0.778. The number of guanidine groups is 1. The predicted molar refractivity (Wildman–Crippen MR) is 66.5 cm³/mol. The van der Waals surface area contributed by atoms with E-state index in [4.69, 9.17) is 4.42 Å². The van der Waals surface area contributed by atoms with Crippen molar-refractivity contribution in [2.24, 2.45) is 4.99 Å². The summed E-state index contributed by atoms with van der Waals surface area (Å²) in [4.78, 5) is 15.7. The molecule has 2 heterocycles. The van der Waals surface area contributed by atoms with E-state index in [2.05, 4.69) is 27.3 Å². The Balaban J connectivity index is 1.96. The van der Waals surface area contributed by atoms with Crippen LogP contribution in [-0.2, 0) is 11.3 Å². The zero-order valence-corrected chi connectivity index (χ0v) is 10.7. The Morgan fingerprint density at radius 1 is 1.72 bits per heavy atom. The number of carbonyl (C=O) groups is 1. The van der Waals surface area contributed by atoms with Crippen molar-refractivity contribution in [1.29, 1.82) is 0 Å². The van der Waals surface area contributed by atoms with Crippen molar-refractivity contribution in [3.05, 3.63) is 23.2 Å². The van der Waals surface area contributed by atoms with Crippen molar-refractivity contribution in [3.8, 4) is 0 Å². The number of hydrogen-bond donors (Lipinski definition) is 2. The third kappa shape index (κ3) is 2.64. The van der Waals surface area contributed by atoms with E-state index < -0.39 is 0 Å². The van der Waals surface area contributed by atoms with E-state index in [0.29, 0.717) is 29.7 Å². The molecule has 2 N–H and O–H groups in total. The topological polar surface area (TPSA) is 75.9 Å². The van der Waals surface area contributed by atoms with Crippen LogP contribution in [0.4, 0.5) is 0 Å². The number of aryl methyl sites for hydroxylation is 1. The molecule has 18 heavy (non-hydrogen) atoms. The maximum Gasteiger partial charge on any atom is 0.341 e. The first-order valence-electron chi connectivity index (χ1n) is 5.82. The summed E-state index contributed by atoms with van der Waals surface area (Å²) in [6, 6.07) is 2.05. The Morgan fingerprint density at radius 2 is 2.50 bits per heavy atom. The van der Waals surface area contributed by atoms with Gasteiger partial charge in [0.15, 0.2) is 5.96 Å². The Hall–Kier alpha value is -1.98. The maximum atomic E-state index is 11.4. The minimum Gasteiger partial charge on any atom is -0.465 e. The molecule has 0 bridgehead atoms. The van der Waals surface area contributed by atoms with E-state index in [1.165, 1.54) is 7.11 Å². The van der Waals surface area contributed by atoms with Gasteiger partial charge in [-0.2, -0.15) is 0 Å². The average molecular weight is 251 g/mol. The molecule has 1 aliphatic heterocycles. The van der Waals surface area contributed by atoms with Crippen molar-refractivity contribution in [2.45, 2.75) is 26.4 Å². The summed E-state index contributed by atoms with van der Waals surface area (Å²) >= 11 is 0. The van der Waals surface area contributed by atoms with Gasteiger partial charge in [-0.3, -0.25) is 4.99 Å². The zero-order chi connectivity index (χ0) is 13.1. The summed E-state index contributed by atoms with van der Waals surface area (Å²) in [6.07, 6.45) is 0. The van der Waals surface area contributed by atoms with Crippen LogP contribution in [0.25, 0.3) is 0 Å². The molecule has 1 aliphatic rings. The van der Waals surface area contributed by atoms with Crippen LogP contribution in [0.3, 0.4) is 0 Å². The molecule has 0 saturated heterocycles. The number of carbonyl (C=O) groups excluding carboxylic acids is 1. The highest BCUT2D eigenvalue weighted by Gasteiger charge is 2.16. The second kappa shape index (κ2) is 5.12. The molecule has 0 aliphatic carbocycles. The second-order valence-electron chi connectivity index (χ2n) is 4.26. The van der Waals surface area contributed by atoms with Crippen LogP contribution in [0.5, 0.6) is 0 Å². The standard InChI is InChI=1S/C12H17N3O3/c1-7-5-13-12(15-7)14-6-9-4-10(8(2)18-9)11(16)17-3/h4,7H,5-6H2,1-3H3,(H2,13,14,15). The second-order valence-corrected chi connectivity index (χ2v) is 4.26. The van der Waals surface area contributed by atoms with Gasteiger partial charge in [-0.25, -0.2) is 4.79 Å². The number of methoxy groups -OCH3 is 1. The highest BCUT2D eigenvalue weighted by atomic mass is 16.5. The molecule has 1 unspecified atom stereocenters. The fraction of sp³-hybridized carbons (Fsp3) is 0.500. The molecule has 0 amide bonds. The SMILES string of the molecule is COC(=O)c1cc(CNC2=NCC(C)N2)oc1C. The van der Waals surface area contributed by atoms with Gasteiger partial charge in [0.1, 0.15) is 17.1 Å². The Kier molecular flexibility index (Phi) is 3.55. The molecule has 2 rings (SSSR count). The van der Waals surface area contributed by atoms with Crippen LogP contribution in [-0.4, -0.2) is 31.6 Å². The number of aliphatic imine (C=N–C) groups is 1. The number of furan rings is 1. The third-order valence-electron chi connectivity index (χ3n) is 2.71. The largest absolute Gasteiger partial charge is 0.465 e. The van der Waals surface area contributed by atoms with Gasteiger partial charge in [-0.15, -0.1) is 0 Å². The highest BCUT2D eigenvalue weighted by molar-refractivity contribution is 5.90. The van der Waals surface area contributed by atoms with Crippen LogP contribution < -0.4 is 10.6 Å². The number of nitrogens with zero attached hydrogens (tertiary/aromatic N) is 1. The number of nitrogens with one attached hydrogen (secondary N) is 2. The lowest BCUT2D eigenvalue weighted by Gasteiger charge is -2.06. The smallest absolute Gasteiger partial charge is 0.341 e. The maximum absolute atomic E-state index is 11.4. The molecule has 6 heteroatoms. The van der Waals surface area contributed by atoms with Crippen LogP contribution in [0, 0.1) is 6.92 Å². The molecule has 0 saturated carbocycles. The summed E-state index contributed by atoms with van der Waals surface area (Å²) in [5, 5.41) is 6.30. The van der Waals surface area contributed by atoms with E-state index in [9.17, 15) is 4.79 Å². The molecular formula is C12H17N3O3. The van der Waals surface area contributed by atoms with Gasteiger partial charge in [0.2, 0.25) is 0 Å². The summed E-state index contributed by atoms with van der Waals surface area (Å²) in [6.45, 7) is 5.05.